The maximum absolute atomic E-state index is 12.9. The minimum absolute atomic E-state index is 0.00936. The minimum atomic E-state index is -4.45. The third-order valence-corrected chi connectivity index (χ3v) is 5.92. The van der Waals surface area contributed by atoms with Gasteiger partial charge in [-0.1, -0.05) is 30.3 Å². The third kappa shape index (κ3) is 7.65. The molecule has 2 aromatic carbocycles. The van der Waals surface area contributed by atoms with Crippen LogP contribution in [0.25, 0.3) is 0 Å². The molecule has 0 aromatic heterocycles. The zero-order valence-corrected chi connectivity index (χ0v) is 19.6. The highest BCUT2D eigenvalue weighted by molar-refractivity contribution is 5.89. The Morgan fingerprint density at radius 3 is 2.51 bits per heavy atom. The zero-order valence-electron chi connectivity index (χ0n) is 19.6. The molecular formula is C26H29F3N2O4. The van der Waals surface area contributed by atoms with Crippen LogP contribution in [0, 0.1) is 0 Å². The van der Waals surface area contributed by atoms with Crippen LogP contribution in [0.1, 0.15) is 52.7 Å². The molecule has 0 N–H and O–H groups in total. The Morgan fingerprint density at radius 1 is 1.03 bits per heavy atom. The van der Waals surface area contributed by atoms with Crippen molar-refractivity contribution in [1.82, 2.24) is 10.0 Å². The summed E-state index contributed by atoms with van der Waals surface area (Å²) in [7, 11) is 1.33. The predicted molar refractivity (Wildman–Crippen MR) is 123 cm³/mol. The molecule has 1 amide bonds. The molecule has 0 atom stereocenters. The van der Waals surface area contributed by atoms with Crippen molar-refractivity contribution in [2.24, 2.45) is 0 Å². The Balaban J connectivity index is 1.52. The lowest BCUT2D eigenvalue weighted by Crippen LogP contribution is -2.51. The van der Waals surface area contributed by atoms with Gasteiger partial charge in [0.15, 0.2) is 0 Å². The van der Waals surface area contributed by atoms with Crippen molar-refractivity contribution in [1.29, 1.82) is 0 Å². The average molecular weight is 491 g/mol. The SMILES string of the molecule is COC(=O)c1cccc(CCCN2C(=O)CCCN2CCC(=O)Cc2cccc(C(F)(F)F)c2)c1. The number of benzene rings is 2. The van der Waals surface area contributed by atoms with Gasteiger partial charge in [0.2, 0.25) is 5.91 Å². The molecule has 9 heteroatoms. The largest absolute Gasteiger partial charge is 0.465 e. The fourth-order valence-electron chi connectivity index (χ4n) is 4.15. The summed E-state index contributed by atoms with van der Waals surface area (Å²) in [5.41, 5.74) is 0.985. The highest BCUT2D eigenvalue weighted by Gasteiger charge is 2.30. The van der Waals surface area contributed by atoms with Gasteiger partial charge in [-0.2, -0.15) is 13.2 Å². The summed E-state index contributed by atoms with van der Waals surface area (Å²) in [6, 6.07) is 12.0. The topological polar surface area (TPSA) is 66.9 Å². The first-order valence-electron chi connectivity index (χ1n) is 11.6. The first-order valence-corrected chi connectivity index (χ1v) is 11.6. The van der Waals surface area contributed by atoms with Gasteiger partial charge >= 0.3 is 12.1 Å². The monoisotopic (exact) mass is 490 g/mol. The minimum Gasteiger partial charge on any atom is -0.465 e. The summed E-state index contributed by atoms with van der Waals surface area (Å²) in [5.74, 6) is -0.592. The number of rotatable bonds is 10. The molecule has 188 valence electrons. The lowest BCUT2D eigenvalue weighted by Gasteiger charge is -2.38. The maximum atomic E-state index is 12.9. The van der Waals surface area contributed by atoms with Gasteiger partial charge in [0.05, 0.1) is 18.2 Å². The number of hydrogen-bond donors (Lipinski definition) is 0. The molecule has 0 unspecified atom stereocenters. The van der Waals surface area contributed by atoms with E-state index in [1.165, 1.54) is 19.2 Å². The van der Waals surface area contributed by atoms with E-state index in [-0.39, 0.29) is 24.5 Å². The fraction of sp³-hybridized carbons (Fsp3) is 0.423. The number of carbonyl (C=O) groups is 3. The van der Waals surface area contributed by atoms with Crippen LogP contribution in [0.2, 0.25) is 0 Å². The van der Waals surface area contributed by atoms with E-state index in [4.69, 9.17) is 4.74 Å². The Bertz CT molecular complexity index is 1050. The number of amides is 1. The number of hydrazine groups is 1. The smallest absolute Gasteiger partial charge is 0.416 e. The number of halogens is 3. The van der Waals surface area contributed by atoms with Crippen LogP contribution in [0.4, 0.5) is 13.2 Å². The molecule has 1 heterocycles. The Kier molecular flexibility index (Phi) is 9.03. The molecule has 1 saturated heterocycles. The van der Waals surface area contributed by atoms with E-state index in [0.717, 1.165) is 17.7 Å². The van der Waals surface area contributed by atoms with Gasteiger partial charge in [-0.25, -0.2) is 9.80 Å². The van der Waals surface area contributed by atoms with Crippen molar-refractivity contribution >= 4 is 17.7 Å². The molecule has 0 radical (unpaired) electrons. The number of ketones is 1. The van der Waals surface area contributed by atoms with Crippen LogP contribution < -0.4 is 0 Å². The summed E-state index contributed by atoms with van der Waals surface area (Å²) < 4.78 is 43.5. The van der Waals surface area contributed by atoms with Crippen LogP contribution >= 0.6 is 0 Å². The third-order valence-electron chi connectivity index (χ3n) is 5.92. The second-order valence-corrected chi connectivity index (χ2v) is 8.53. The van der Waals surface area contributed by atoms with Crippen LogP contribution in [0.3, 0.4) is 0 Å². The van der Waals surface area contributed by atoms with E-state index in [9.17, 15) is 27.6 Å². The number of esters is 1. The fourth-order valence-corrected chi connectivity index (χ4v) is 4.15. The zero-order chi connectivity index (χ0) is 25.4. The van der Waals surface area contributed by atoms with Crippen molar-refractivity contribution in [3.05, 3.63) is 70.8 Å². The Hall–Kier alpha value is -3.20. The molecule has 1 aliphatic heterocycles. The standard InChI is InChI=1S/C26H29F3N2O4/c1-35-25(34)21-9-2-6-19(16-21)8-4-14-31-24(33)11-5-13-30(31)15-12-23(32)18-20-7-3-10-22(17-20)26(27,28)29/h2-3,6-7,9-10,16-17H,4-5,8,11-15,18H2,1H3. The maximum Gasteiger partial charge on any atom is 0.416 e. The summed E-state index contributed by atoms with van der Waals surface area (Å²) >= 11 is 0. The van der Waals surface area contributed by atoms with Gasteiger partial charge in [0, 0.05) is 38.9 Å². The van der Waals surface area contributed by atoms with Crippen molar-refractivity contribution in [3.63, 3.8) is 0 Å². The van der Waals surface area contributed by atoms with Gasteiger partial charge < -0.3 is 4.74 Å². The van der Waals surface area contributed by atoms with Gasteiger partial charge in [-0.15, -0.1) is 0 Å². The van der Waals surface area contributed by atoms with E-state index in [1.807, 2.05) is 11.1 Å². The second-order valence-electron chi connectivity index (χ2n) is 8.53. The van der Waals surface area contributed by atoms with Gasteiger partial charge in [-0.3, -0.25) is 14.6 Å². The normalized spacial score (nSPS) is 14.7. The number of Topliss-reactive ketones (excluding diaryl/α,β-unsaturated/α-hetero) is 1. The van der Waals surface area contributed by atoms with Gasteiger partial charge in [-0.05, 0) is 48.6 Å². The number of carbonyl (C=O) groups excluding carboxylic acids is 3. The molecule has 2 aromatic rings. The molecule has 6 nitrogen and oxygen atoms in total. The van der Waals surface area contributed by atoms with E-state index >= 15 is 0 Å². The number of aryl methyl sites for hydroxylation is 1. The van der Waals surface area contributed by atoms with Crippen LogP contribution in [0.15, 0.2) is 48.5 Å². The van der Waals surface area contributed by atoms with Crippen molar-refractivity contribution in [3.8, 4) is 0 Å². The van der Waals surface area contributed by atoms with Crippen LogP contribution in [-0.4, -0.2) is 54.4 Å². The Morgan fingerprint density at radius 2 is 1.77 bits per heavy atom. The van der Waals surface area contributed by atoms with Crippen LogP contribution in [0.5, 0.6) is 0 Å². The summed E-state index contributed by atoms with van der Waals surface area (Å²) in [6.45, 7) is 1.45. The number of ether oxygens (including phenoxy) is 1. The molecular weight excluding hydrogens is 461 g/mol. The van der Waals surface area contributed by atoms with E-state index in [0.29, 0.717) is 56.4 Å². The Labute approximate surface area is 202 Å². The summed E-state index contributed by atoms with van der Waals surface area (Å²) in [6.07, 6.45) is -1.93. The van der Waals surface area contributed by atoms with Crippen LogP contribution in [-0.2, 0) is 33.3 Å². The first-order chi connectivity index (χ1) is 16.7. The highest BCUT2D eigenvalue weighted by Crippen LogP contribution is 2.29. The molecule has 0 bridgehead atoms. The lowest BCUT2D eigenvalue weighted by molar-refractivity contribution is -0.156. The molecule has 1 fully saturated rings. The second kappa shape index (κ2) is 12.0. The van der Waals surface area contributed by atoms with E-state index in [2.05, 4.69) is 0 Å². The van der Waals surface area contributed by atoms with E-state index in [1.54, 1.807) is 23.2 Å². The molecule has 0 aliphatic carbocycles. The highest BCUT2D eigenvalue weighted by atomic mass is 19.4. The predicted octanol–water partition coefficient (Wildman–Crippen LogP) is 4.47. The van der Waals surface area contributed by atoms with Crippen molar-refractivity contribution < 1.29 is 32.3 Å². The quantitative estimate of drug-likeness (QED) is 0.460. The molecule has 0 saturated carbocycles. The van der Waals surface area contributed by atoms with Gasteiger partial charge in [0.25, 0.3) is 0 Å². The number of alkyl halides is 3. The summed E-state index contributed by atoms with van der Waals surface area (Å²) in [4.78, 5) is 36.7. The molecule has 1 aliphatic rings. The first kappa shape index (κ1) is 26.4. The molecule has 3 rings (SSSR count). The number of nitrogens with zero attached hydrogens (tertiary/aromatic N) is 2. The summed E-state index contributed by atoms with van der Waals surface area (Å²) in [5, 5.41) is 3.53. The number of hydrogen-bond acceptors (Lipinski definition) is 5. The lowest BCUT2D eigenvalue weighted by atomic mass is 10.0. The van der Waals surface area contributed by atoms with Crippen molar-refractivity contribution in [2.45, 2.75) is 44.7 Å². The molecule has 0 spiro atoms. The van der Waals surface area contributed by atoms with E-state index < -0.39 is 17.7 Å². The van der Waals surface area contributed by atoms with Crippen molar-refractivity contribution in [2.75, 3.05) is 26.7 Å². The number of methoxy groups -OCH3 is 1. The van der Waals surface area contributed by atoms with Gasteiger partial charge in [0.1, 0.15) is 5.78 Å². The molecule has 35 heavy (non-hydrogen) atoms. The average Bonchev–Trinajstić information content (AvgIpc) is 2.83.